The van der Waals surface area contributed by atoms with E-state index in [0.29, 0.717) is 0 Å². The lowest BCUT2D eigenvalue weighted by molar-refractivity contribution is 1.16. The molecule has 10 heavy (non-hydrogen) atoms. The monoisotopic (exact) mass is 153 g/mol. The van der Waals surface area contributed by atoms with Crippen LogP contribution in [0.5, 0.6) is 0 Å². The highest BCUT2D eigenvalue weighted by Crippen LogP contribution is 1.78. The van der Waals surface area contributed by atoms with E-state index in [1.807, 2.05) is 29.9 Å². The van der Waals surface area contributed by atoms with Gasteiger partial charge in [-0.3, -0.25) is 0 Å². The first-order valence-electron chi connectivity index (χ1n) is 2.79. The summed E-state index contributed by atoms with van der Waals surface area (Å²) in [6, 6.07) is 3.89. The molecule has 0 atom stereocenters. The molecule has 0 aliphatic heterocycles. The first-order valence-corrected chi connectivity index (χ1v) is 3.62. The van der Waals surface area contributed by atoms with Crippen LogP contribution in [0.3, 0.4) is 0 Å². The normalized spacial score (nSPS) is 8.00. The van der Waals surface area contributed by atoms with Gasteiger partial charge in [0.2, 0.25) is 0 Å². The molecule has 0 spiro atoms. The van der Waals surface area contributed by atoms with E-state index in [9.17, 15) is 0 Å². The second-order valence-corrected chi connectivity index (χ2v) is 2.12. The summed E-state index contributed by atoms with van der Waals surface area (Å²) in [6.07, 6.45) is 5.41. The van der Waals surface area contributed by atoms with Crippen molar-refractivity contribution in [1.29, 1.82) is 0 Å². The van der Waals surface area contributed by atoms with Crippen LogP contribution in [0.4, 0.5) is 0 Å². The van der Waals surface area contributed by atoms with Gasteiger partial charge in [-0.05, 0) is 23.7 Å². The fraction of sp³-hybridized carbons (Fsp3) is 0. The van der Waals surface area contributed by atoms with Crippen LogP contribution >= 0.6 is 11.5 Å². The molecule has 4 heteroatoms. The topological polar surface area (TPSA) is 41.6 Å². The second kappa shape index (κ2) is 4.69. The van der Waals surface area contributed by atoms with Gasteiger partial charge in [0.1, 0.15) is 0 Å². The average Bonchev–Trinajstić information content (AvgIpc) is 2.67. The van der Waals surface area contributed by atoms with Crippen LogP contribution in [-0.2, 0) is 0 Å². The molecule has 2 aromatic rings. The van der Waals surface area contributed by atoms with Gasteiger partial charge in [0.25, 0.3) is 0 Å². The number of nitrogens with zero attached hydrogens (tertiary/aromatic N) is 2. The van der Waals surface area contributed by atoms with E-state index in [4.69, 9.17) is 0 Å². The highest BCUT2D eigenvalue weighted by atomic mass is 32.1. The second-order valence-electron chi connectivity index (χ2n) is 1.47. The summed E-state index contributed by atoms with van der Waals surface area (Å²) < 4.78 is 3.51. The summed E-state index contributed by atoms with van der Waals surface area (Å²) in [5.41, 5.74) is 0. The summed E-state index contributed by atoms with van der Waals surface area (Å²) in [4.78, 5) is 2.86. The van der Waals surface area contributed by atoms with Crippen molar-refractivity contribution in [3.63, 3.8) is 0 Å². The molecule has 1 N–H and O–H groups in total. The Balaban J connectivity index is 0.0000001000. The van der Waals surface area contributed by atoms with E-state index >= 15 is 0 Å². The lowest BCUT2D eigenvalue weighted by Gasteiger charge is -1.49. The number of aromatic nitrogens is 3. The summed E-state index contributed by atoms with van der Waals surface area (Å²) >= 11 is 1.35. The van der Waals surface area contributed by atoms with Gasteiger partial charge in [-0.15, -0.1) is 5.10 Å². The third kappa shape index (κ3) is 2.99. The van der Waals surface area contributed by atoms with Crippen molar-refractivity contribution >= 4 is 11.5 Å². The lowest BCUT2D eigenvalue weighted by Crippen LogP contribution is -1.51. The Morgan fingerprint density at radius 1 is 1.20 bits per heavy atom. The molecule has 0 aliphatic carbocycles. The fourth-order valence-corrected chi connectivity index (χ4v) is 0.686. The minimum absolute atomic E-state index is 1.35. The summed E-state index contributed by atoms with van der Waals surface area (Å²) in [7, 11) is 0. The van der Waals surface area contributed by atoms with Crippen LogP contribution in [0, 0.1) is 0 Å². The van der Waals surface area contributed by atoms with E-state index in [2.05, 4.69) is 14.6 Å². The lowest BCUT2D eigenvalue weighted by atomic mass is 10.7. The van der Waals surface area contributed by atoms with Crippen LogP contribution in [0.1, 0.15) is 0 Å². The third-order valence-corrected chi connectivity index (χ3v) is 1.21. The van der Waals surface area contributed by atoms with Crippen molar-refractivity contribution in [1.82, 2.24) is 14.6 Å². The molecule has 2 rings (SSSR count). The van der Waals surface area contributed by atoms with E-state index < -0.39 is 0 Å². The molecule has 2 aromatic heterocycles. The molecule has 2 heterocycles. The summed E-state index contributed by atoms with van der Waals surface area (Å²) in [5.74, 6) is 0. The van der Waals surface area contributed by atoms with Crippen molar-refractivity contribution in [2.24, 2.45) is 0 Å². The van der Waals surface area contributed by atoms with Gasteiger partial charge >= 0.3 is 0 Å². The largest absolute Gasteiger partial charge is 0.368 e. The van der Waals surface area contributed by atoms with E-state index in [-0.39, 0.29) is 0 Å². The maximum absolute atomic E-state index is 3.51. The Hall–Kier alpha value is -1.16. The van der Waals surface area contributed by atoms with Gasteiger partial charge in [0, 0.05) is 17.8 Å². The van der Waals surface area contributed by atoms with Crippen molar-refractivity contribution in [3.8, 4) is 0 Å². The van der Waals surface area contributed by atoms with Crippen LogP contribution in [0.25, 0.3) is 0 Å². The Morgan fingerprint density at radius 3 is 2.20 bits per heavy atom. The molecule has 0 bridgehead atoms. The number of aromatic amines is 1. The summed E-state index contributed by atoms with van der Waals surface area (Å²) in [6.45, 7) is 0. The van der Waals surface area contributed by atoms with Gasteiger partial charge < -0.3 is 4.98 Å². The van der Waals surface area contributed by atoms with E-state index in [0.717, 1.165) is 0 Å². The molecule has 3 nitrogen and oxygen atoms in total. The zero-order valence-electron chi connectivity index (χ0n) is 5.27. The predicted octanol–water partition coefficient (Wildman–Crippen LogP) is 1.55. The van der Waals surface area contributed by atoms with E-state index in [1.165, 1.54) is 11.5 Å². The number of rotatable bonds is 0. The van der Waals surface area contributed by atoms with Gasteiger partial charge in [-0.2, -0.15) is 0 Å². The Morgan fingerprint density at radius 2 is 2.00 bits per heavy atom. The van der Waals surface area contributed by atoms with Crippen LogP contribution in [0.15, 0.2) is 36.1 Å². The van der Waals surface area contributed by atoms with Crippen molar-refractivity contribution < 1.29 is 0 Å². The molecular formula is C6H7N3S. The average molecular weight is 153 g/mol. The fourth-order valence-electron chi connectivity index (χ4n) is 0.414. The number of H-pyrrole nitrogens is 1. The van der Waals surface area contributed by atoms with Gasteiger partial charge in [-0.25, -0.2) is 0 Å². The van der Waals surface area contributed by atoms with Crippen LogP contribution in [-0.4, -0.2) is 14.6 Å². The Bertz CT molecular complexity index is 152. The minimum atomic E-state index is 1.35. The molecule has 0 saturated carbocycles. The first kappa shape index (κ1) is 6.95. The number of nitrogens with one attached hydrogen (secondary N) is 1. The van der Waals surface area contributed by atoms with Crippen molar-refractivity contribution in [2.75, 3.05) is 0 Å². The van der Waals surface area contributed by atoms with Crippen LogP contribution < -0.4 is 0 Å². The van der Waals surface area contributed by atoms with Crippen molar-refractivity contribution in [2.45, 2.75) is 0 Å². The van der Waals surface area contributed by atoms with Gasteiger partial charge in [0.05, 0.1) is 6.20 Å². The SMILES string of the molecule is c1cc[nH]c1.c1csnn1. The summed E-state index contributed by atoms with van der Waals surface area (Å²) in [5, 5.41) is 5.31. The van der Waals surface area contributed by atoms with E-state index in [1.54, 1.807) is 6.20 Å². The molecular weight excluding hydrogens is 146 g/mol. The maximum Gasteiger partial charge on any atom is 0.0620 e. The molecule has 0 aliphatic rings. The Kier molecular flexibility index (Phi) is 3.26. The van der Waals surface area contributed by atoms with Gasteiger partial charge in [0.15, 0.2) is 0 Å². The molecule has 52 valence electrons. The third-order valence-electron chi connectivity index (χ3n) is 0.779. The zero-order valence-corrected chi connectivity index (χ0v) is 6.08. The predicted molar refractivity (Wildman–Crippen MR) is 40.7 cm³/mol. The zero-order chi connectivity index (χ0) is 7.07. The van der Waals surface area contributed by atoms with Crippen LogP contribution in [0.2, 0.25) is 0 Å². The minimum Gasteiger partial charge on any atom is -0.368 e. The standard InChI is InChI=1S/C4H5N.C2H2N2S/c1-2-4-5-3-1;1-2-5-4-3-1/h1-5H;1-2H. The number of hydrogen-bond donors (Lipinski definition) is 1. The highest BCUT2D eigenvalue weighted by molar-refractivity contribution is 7.03. The molecule has 0 unspecified atom stereocenters. The number of hydrogen-bond acceptors (Lipinski definition) is 3. The molecule has 0 fully saturated rings. The van der Waals surface area contributed by atoms with Crippen molar-refractivity contribution in [3.05, 3.63) is 36.1 Å². The molecule has 0 radical (unpaired) electrons. The quantitative estimate of drug-likeness (QED) is 0.624. The molecule has 0 saturated heterocycles. The first-order chi connectivity index (χ1) is 5.00. The maximum atomic E-state index is 3.51. The van der Waals surface area contributed by atoms with Gasteiger partial charge in [-0.1, -0.05) is 4.49 Å². The Labute approximate surface area is 62.9 Å². The smallest absolute Gasteiger partial charge is 0.0620 e. The molecule has 0 amide bonds. The highest BCUT2D eigenvalue weighted by Gasteiger charge is 1.61. The molecule has 0 aromatic carbocycles.